The molecular weight excluding hydrogens is 262 g/mol. The minimum atomic E-state index is 0.448. The van der Waals surface area contributed by atoms with E-state index in [1.165, 1.54) is 64.3 Å². The fourth-order valence-electron chi connectivity index (χ4n) is 3.90. The first-order valence-corrected chi connectivity index (χ1v) is 8.93. The molecule has 2 aliphatic rings. The van der Waals surface area contributed by atoms with Crippen molar-refractivity contribution in [2.24, 2.45) is 0 Å². The van der Waals surface area contributed by atoms with Crippen molar-refractivity contribution in [3.63, 3.8) is 0 Å². The predicted molar refractivity (Wildman–Crippen MR) is 83.3 cm³/mol. The van der Waals surface area contributed by atoms with Crippen LogP contribution in [0.15, 0.2) is 4.52 Å². The van der Waals surface area contributed by atoms with Crippen LogP contribution in [-0.4, -0.2) is 34.2 Å². The van der Waals surface area contributed by atoms with Crippen molar-refractivity contribution < 1.29 is 4.52 Å². The third-order valence-corrected chi connectivity index (χ3v) is 5.19. The summed E-state index contributed by atoms with van der Waals surface area (Å²) in [6, 6.07) is 0.793. The van der Waals surface area contributed by atoms with Gasteiger partial charge in [0, 0.05) is 19.0 Å². The number of hydrogen-bond donors (Lipinski definition) is 0. The summed E-state index contributed by atoms with van der Waals surface area (Å²) in [5, 5.41) is 4.09. The molecular formula is C17H29N3O. The van der Waals surface area contributed by atoms with E-state index in [0.717, 1.165) is 30.7 Å². The number of hydrogen-bond acceptors (Lipinski definition) is 4. The van der Waals surface area contributed by atoms with Gasteiger partial charge in [-0.3, -0.25) is 4.90 Å². The third-order valence-electron chi connectivity index (χ3n) is 5.19. The number of likely N-dealkylation sites (tertiary alicyclic amines) is 1. The lowest BCUT2D eigenvalue weighted by molar-refractivity contribution is 0.170. The molecule has 0 aromatic carbocycles. The highest BCUT2D eigenvalue weighted by Crippen LogP contribution is 2.30. The average molecular weight is 291 g/mol. The van der Waals surface area contributed by atoms with Crippen LogP contribution in [0.5, 0.6) is 0 Å². The maximum absolute atomic E-state index is 5.52. The molecule has 0 spiro atoms. The number of rotatable bonds is 3. The molecule has 118 valence electrons. The summed E-state index contributed by atoms with van der Waals surface area (Å²) >= 11 is 0. The third kappa shape index (κ3) is 3.85. The molecule has 2 heterocycles. The van der Waals surface area contributed by atoms with Gasteiger partial charge in [-0.2, -0.15) is 4.98 Å². The first-order chi connectivity index (χ1) is 10.4. The van der Waals surface area contributed by atoms with Crippen molar-refractivity contribution in [3.05, 3.63) is 11.7 Å². The zero-order chi connectivity index (χ0) is 14.5. The van der Waals surface area contributed by atoms with Crippen LogP contribution in [0.4, 0.5) is 0 Å². The highest BCUT2D eigenvalue weighted by atomic mass is 16.5. The smallest absolute Gasteiger partial charge is 0.231 e. The second-order valence-electron chi connectivity index (χ2n) is 6.74. The van der Waals surface area contributed by atoms with Crippen molar-refractivity contribution in [3.8, 4) is 0 Å². The normalized spacial score (nSPS) is 26.4. The molecule has 1 saturated heterocycles. The topological polar surface area (TPSA) is 42.2 Å². The van der Waals surface area contributed by atoms with Crippen LogP contribution in [0.25, 0.3) is 0 Å². The molecule has 0 amide bonds. The maximum Gasteiger partial charge on any atom is 0.231 e. The number of aryl methyl sites for hydroxylation is 1. The second-order valence-corrected chi connectivity index (χ2v) is 6.74. The monoisotopic (exact) mass is 291 g/mol. The first kappa shape index (κ1) is 15.0. The van der Waals surface area contributed by atoms with E-state index in [1.807, 2.05) is 0 Å². The summed E-state index contributed by atoms with van der Waals surface area (Å²) < 4.78 is 5.52. The molecule has 1 unspecified atom stereocenters. The van der Waals surface area contributed by atoms with Gasteiger partial charge in [0.05, 0.1) is 5.92 Å². The van der Waals surface area contributed by atoms with E-state index in [4.69, 9.17) is 4.52 Å². The maximum atomic E-state index is 5.52. The standard InChI is InChI=1S/C17H29N3O/c1-2-16-18-17(21-19-16)14-9-7-8-12-20(13-14)15-10-5-3-4-6-11-15/h14-15H,2-13H2,1H3. The number of nitrogens with zero attached hydrogens (tertiary/aromatic N) is 3. The lowest BCUT2D eigenvalue weighted by atomic mass is 10.0. The summed E-state index contributed by atoms with van der Waals surface area (Å²) in [6.07, 6.45) is 13.1. The van der Waals surface area contributed by atoms with E-state index in [1.54, 1.807) is 0 Å². The summed E-state index contributed by atoms with van der Waals surface area (Å²) in [5.74, 6) is 2.19. The Kier molecular flexibility index (Phi) is 5.28. The van der Waals surface area contributed by atoms with Crippen molar-refractivity contribution in [1.82, 2.24) is 15.0 Å². The quantitative estimate of drug-likeness (QED) is 0.791. The molecule has 0 N–H and O–H groups in total. The van der Waals surface area contributed by atoms with Crippen molar-refractivity contribution in [1.29, 1.82) is 0 Å². The Morgan fingerprint density at radius 3 is 2.52 bits per heavy atom. The lowest BCUT2D eigenvalue weighted by Gasteiger charge is -2.31. The molecule has 3 rings (SSSR count). The molecule has 1 aliphatic carbocycles. The Balaban J connectivity index is 1.67. The molecule has 0 radical (unpaired) electrons. The first-order valence-electron chi connectivity index (χ1n) is 8.93. The van der Waals surface area contributed by atoms with Crippen molar-refractivity contribution in [2.75, 3.05) is 13.1 Å². The molecule has 21 heavy (non-hydrogen) atoms. The van der Waals surface area contributed by atoms with E-state index < -0.39 is 0 Å². The van der Waals surface area contributed by atoms with Gasteiger partial charge in [-0.25, -0.2) is 0 Å². The van der Waals surface area contributed by atoms with Crippen LogP contribution in [0.1, 0.15) is 82.3 Å². The van der Waals surface area contributed by atoms with E-state index in [9.17, 15) is 0 Å². The summed E-state index contributed by atoms with van der Waals surface area (Å²) in [6.45, 7) is 4.46. The molecule has 1 atom stereocenters. The average Bonchev–Trinajstić information content (AvgIpc) is 2.70. The highest BCUT2D eigenvalue weighted by molar-refractivity contribution is 4.97. The Morgan fingerprint density at radius 2 is 1.81 bits per heavy atom. The van der Waals surface area contributed by atoms with Crippen LogP contribution < -0.4 is 0 Å². The van der Waals surface area contributed by atoms with Gasteiger partial charge < -0.3 is 4.52 Å². The minimum absolute atomic E-state index is 0.448. The van der Waals surface area contributed by atoms with Crippen LogP contribution in [0, 0.1) is 0 Å². The van der Waals surface area contributed by atoms with E-state index in [2.05, 4.69) is 22.0 Å². The van der Waals surface area contributed by atoms with Gasteiger partial charge in [0.2, 0.25) is 5.89 Å². The number of aromatic nitrogens is 2. The molecule has 4 heteroatoms. The molecule has 1 aromatic heterocycles. The molecule has 1 saturated carbocycles. The lowest BCUT2D eigenvalue weighted by Crippen LogP contribution is -2.37. The SMILES string of the molecule is CCc1noc(C2CCCCN(C3CCCCCC3)C2)n1. The fourth-order valence-corrected chi connectivity index (χ4v) is 3.90. The van der Waals surface area contributed by atoms with Crippen LogP contribution in [0.3, 0.4) is 0 Å². The minimum Gasteiger partial charge on any atom is -0.339 e. The summed E-state index contributed by atoms with van der Waals surface area (Å²) in [5.41, 5.74) is 0. The van der Waals surface area contributed by atoms with Crippen LogP contribution in [0.2, 0.25) is 0 Å². The van der Waals surface area contributed by atoms with Gasteiger partial charge in [0.15, 0.2) is 5.82 Å². The largest absolute Gasteiger partial charge is 0.339 e. The van der Waals surface area contributed by atoms with Gasteiger partial charge in [0.25, 0.3) is 0 Å². The Labute approximate surface area is 128 Å². The zero-order valence-electron chi connectivity index (χ0n) is 13.4. The van der Waals surface area contributed by atoms with E-state index in [-0.39, 0.29) is 0 Å². The van der Waals surface area contributed by atoms with Crippen LogP contribution in [-0.2, 0) is 6.42 Å². The fraction of sp³-hybridized carbons (Fsp3) is 0.882. The predicted octanol–water partition coefficient (Wildman–Crippen LogP) is 3.92. The van der Waals surface area contributed by atoms with Gasteiger partial charge in [-0.05, 0) is 32.2 Å². The van der Waals surface area contributed by atoms with Gasteiger partial charge in [-0.15, -0.1) is 0 Å². The Morgan fingerprint density at radius 1 is 1.05 bits per heavy atom. The van der Waals surface area contributed by atoms with E-state index in [0.29, 0.717) is 5.92 Å². The molecule has 1 aliphatic heterocycles. The van der Waals surface area contributed by atoms with Gasteiger partial charge in [0.1, 0.15) is 0 Å². The van der Waals surface area contributed by atoms with Crippen molar-refractivity contribution >= 4 is 0 Å². The Bertz CT molecular complexity index is 423. The summed E-state index contributed by atoms with van der Waals surface area (Å²) in [7, 11) is 0. The highest BCUT2D eigenvalue weighted by Gasteiger charge is 2.28. The van der Waals surface area contributed by atoms with Crippen molar-refractivity contribution in [2.45, 2.75) is 83.1 Å². The molecule has 0 bridgehead atoms. The van der Waals surface area contributed by atoms with Gasteiger partial charge in [-0.1, -0.05) is 44.2 Å². The zero-order valence-corrected chi connectivity index (χ0v) is 13.4. The molecule has 4 nitrogen and oxygen atoms in total. The second kappa shape index (κ2) is 7.39. The Hall–Kier alpha value is -0.900. The van der Waals surface area contributed by atoms with Gasteiger partial charge >= 0.3 is 0 Å². The van der Waals surface area contributed by atoms with E-state index >= 15 is 0 Å². The molecule has 1 aromatic rings. The van der Waals surface area contributed by atoms with Crippen LogP contribution >= 0.6 is 0 Å². The molecule has 2 fully saturated rings. The summed E-state index contributed by atoms with van der Waals surface area (Å²) in [4.78, 5) is 7.32.